The number of hydrogen-bond acceptors (Lipinski definition) is 3. The van der Waals surface area contributed by atoms with Crippen molar-refractivity contribution in [3.8, 4) is 0 Å². The molecule has 0 aromatic heterocycles. The second-order valence-electron chi connectivity index (χ2n) is 7.82. The van der Waals surface area contributed by atoms with Gasteiger partial charge in [-0.15, -0.1) is 0 Å². The van der Waals surface area contributed by atoms with Crippen molar-refractivity contribution in [1.82, 2.24) is 5.32 Å². The van der Waals surface area contributed by atoms with Crippen LogP contribution in [0.4, 0.5) is 14.5 Å². The number of carbonyl (C=O) groups is 1. The highest BCUT2D eigenvalue weighted by Crippen LogP contribution is 2.26. The van der Waals surface area contributed by atoms with Crippen molar-refractivity contribution in [3.05, 3.63) is 93.5 Å². The van der Waals surface area contributed by atoms with Crippen molar-refractivity contribution in [2.24, 2.45) is 0 Å². The summed E-state index contributed by atoms with van der Waals surface area (Å²) in [6.07, 6.45) is 0. The van der Waals surface area contributed by atoms with Crippen LogP contribution in [0.1, 0.15) is 53.7 Å². The molecule has 2 N–H and O–H groups in total. The van der Waals surface area contributed by atoms with Crippen molar-refractivity contribution in [3.63, 3.8) is 0 Å². The molecule has 3 aromatic rings. The van der Waals surface area contributed by atoms with Gasteiger partial charge in [0.15, 0.2) is 0 Å². The van der Waals surface area contributed by atoms with Gasteiger partial charge in [-0.05, 0) is 66.8 Å². The smallest absolute Gasteiger partial charge is 0.264 e. The van der Waals surface area contributed by atoms with Gasteiger partial charge in [0, 0.05) is 17.6 Å². The number of benzene rings is 3. The third-order valence-corrected chi connectivity index (χ3v) is 6.96. The molecule has 35 heavy (non-hydrogen) atoms. The summed E-state index contributed by atoms with van der Waals surface area (Å²) in [4.78, 5) is 12.1. The zero-order valence-corrected chi connectivity index (χ0v) is 21.8. The lowest BCUT2D eigenvalue weighted by Crippen LogP contribution is -2.29. The fourth-order valence-electron chi connectivity index (χ4n) is 3.22. The Labute approximate surface area is 210 Å². The lowest BCUT2D eigenvalue weighted by atomic mass is 9.97. The van der Waals surface area contributed by atoms with E-state index in [9.17, 15) is 22.0 Å². The van der Waals surface area contributed by atoms with Crippen LogP contribution in [0.15, 0.2) is 59.5 Å². The summed E-state index contributed by atoms with van der Waals surface area (Å²) >= 11 is 5.99. The number of rotatable bonds is 7. The normalized spacial score (nSPS) is 11.8. The average molecular weight is 523 g/mol. The fraction of sp³-hybridized carbons (Fsp3) is 0.269. The molecule has 0 spiro atoms. The molecule has 0 radical (unpaired) electrons. The van der Waals surface area contributed by atoms with E-state index in [0.29, 0.717) is 12.6 Å². The summed E-state index contributed by atoms with van der Waals surface area (Å²) in [7, 11) is -4.45. The number of halogens is 3. The molecule has 188 valence electrons. The van der Waals surface area contributed by atoms with E-state index in [1.54, 1.807) is 0 Å². The van der Waals surface area contributed by atoms with Gasteiger partial charge in [0.2, 0.25) is 0 Å². The fourth-order valence-corrected chi connectivity index (χ4v) is 4.53. The minimum Gasteiger partial charge on any atom is -0.351 e. The summed E-state index contributed by atoms with van der Waals surface area (Å²) in [5, 5.41) is 2.97. The molecular formula is C26H29ClF2N2O3S. The van der Waals surface area contributed by atoms with Crippen molar-refractivity contribution >= 4 is 33.2 Å². The molecule has 0 fully saturated rings. The molecule has 0 heterocycles. The van der Waals surface area contributed by atoms with E-state index in [1.165, 1.54) is 23.8 Å². The lowest BCUT2D eigenvalue weighted by molar-refractivity contribution is 0.0952. The topological polar surface area (TPSA) is 75.3 Å². The van der Waals surface area contributed by atoms with Crippen molar-refractivity contribution in [1.29, 1.82) is 0 Å². The van der Waals surface area contributed by atoms with E-state index in [0.717, 1.165) is 23.3 Å². The number of amides is 1. The van der Waals surface area contributed by atoms with E-state index in [-0.39, 0.29) is 22.2 Å². The van der Waals surface area contributed by atoms with Gasteiger partial charge in [-0.2, -0.15) is 0 Å². The van der Waals surface area contributed by atoms with Gasteiger partial charge in [-0.3, -0.25) is 9.52 Å². The number of carbonyl (C=O) groups excluding carboxylic acids is 1. The zero-order chi connectivity index (χ0) is 26.3. The molecule has 0 aliphatic rings. The first-order chi connectivity index (χ1) is 16.5. The largest absolute Gasteiger partial charge is 0.351 e. The van der Waals surface area contributed by atoms with Crippen LogP contribution >= 0.6 is 11.6 Å². The van der Waals surface area contributed by atoms with Crippen molar-refractivity contribution in [2.45, 2.75) is 45.4 Å². The SMILES string of the molecule is CC.Cc1ccc(C(C)CNC(=O)c2ccc(Cl)cc2NS(=O)(=O)c2ccc(F)cc2F)cc1C. The molecule has 0 bridgehead atoms. The van der Waals surface area contributed by atoms with Gasteiger partial charge in [0.1, 0.15) is 16.5 Å². The molecular weight excluding hydrogens is 494 g/mol. The van der Waals surface area contributed by atoms with E-state index in [1.807, 2.05) is 46.8 Å². The summed E-state index contributed by atoms with van der Waals surface area (Å²) in [5.41, 5.74) is 3.27. The molecule has 0 saturated carbocycles. The summed E-state index contributed by atoms with van der Waals surface area (Å²) in [5.74, 6) is -2.68. The second-order valence-corrected chi connectivity index (χ2v) is 9.91. The van der Waals surface area contributed by atoms with Crippen LogP contribution in [0.2, 0.25) is 5.02 Å². The van der Waals surface area contributed by atoms with Crippen LogP contribution in [0.3, 0.4) is 0 Å². The Morgan fingerprint density at radius 3 is 2.29 bits per heavy atom. The van der Waals surface area contributed by atoms with Crippen LogP contribution in [0.25, 0.3) is 0 Å². The third kappa shape index (κ3) is 7.26. The van der Waals surface area contributed by atoms with Crippen LogP contribution in [0, 0.1) is 25.5 Å². The van der Waals surface area contributed by atoms with Gasteiger partial charge in [-0.25, -0.2) is 17.2 Å². The summed E-state index contributed by atoms with van der Waals surface area (Å²) < 4.78 is 54.8. The highest BCUT2D eigenvalue weighted by molar-refractivity contribution is 7.92. The molecule has 3 aromatic carbocycles. The second kappa shape index (κ2) is 12.1. The molecule has 0 aliphatic carbocycles. The highest BCUT2D eigenvalue weighted by atomic mass is 35.5. The number of hydrogen-bond donors (Lipinski definition) is 2. The lowest BCUT2D eigenvalue weighted by Gasteiger charge is -2.17. The van der Waals surface area contributed by atoms with E-state index in [4.69, 9.17) is 11.6 Å². The van der Waals surface area contributed by atoms with E-state index < -0.39 is 32.5 Å². The minimum absolute atomic E-state index is 0.00834. The monoisotopic (exact) mass is 522 g/mol. The maximum absolute atomic E-state index is 14.0. The van der Waals surface area contributed by atoms with E-state index >= 15 is 0 Å². The van der Waals surface area contributed by atoms with Crippen LogP contribution in [0.5, 0.6) is 0 Å². The number of nitrogens with one attached hydrogen (secondary N) is 2. The number of aryl methyl sites for hydroxylation is 2. The molecule has 3 rings (SSSR count). The molecule has 1 amide bonds. The van der Waals surface area contributed by atoms with Gasteiger partial charge in [0.25, 0.3) is 15.9 Å². The Morgan fingerprint density at radius 2 is 1.66 bits per heavy atom. The van der Waals surface area contributed by atoms with Crippen LogP contribution in [-0.2, 0) is 10.0 Å². The Kier molecular flexibility index (Phi) is 9.80. The first-order valence-corrected chi connectivity index (χ1v) is 13.0. The zero-order valence-electron chi connectivity index (χ0n) is 20.2. The molecule has 1 unspecified atom stereocenters. The number of anilines is 1. The van der Waals surface area contributed by atoms with Gasteiger partial charge in [-0.1, -0.05) is 50.6 Å². The maximum atomic E-state index is 14.0. The maximum Gasteiger partial charge on any atom is 0.264 e. The Balaban J connectivity index is 0.00000210. The number of sulfonamides is 1. The molecule has 9 heteroatoms. The average Bonchev–Trinajstić information content (AvgIpc) is 2.80. The first kappa shape index (κ1) is 28.3. The standard InChI is InChI=1S/C24H23ClF2N2O3S.C2H6/c1-14-4-5-17(10-15(14)2)16(3)13-28-24(30)20-8-6-18(25)11-22(20)29-33(31,32)23-9-7-19(26)12-21(23)27;1-2/h4-12,16,29H,13H2,1-3H3,(H,28,30);1-2H3. The quantitative estimate of drug-likeness (QED) is 0.367. The minimum atomic E-state index is -4.45. The van der Waals surface area contributed by atoms with Gasteiger partial charge < -0.3 is 5.32 Å². The first-order valence-electron chi connectivity index (χ1n) is 11.1. The Hall–Kier alpha value is -2.97. The predicted molar refractivity (Wildman–Crippen MR) is 137 cm³/mol. The third-order valence-electron chi connectivity index (χ3n) is 5.32. The molecule has 1 atom stereocenters. The highest BCUT2D eigenvalue weighted by Gasteiger charge is 2.23. The summed E-state index contributed by atoms with van der Waals surface area (Å²) in [6.45, 7) is 10.3. The molecule has 0 saturated heterocycles. The predicted octanol–water partition coefficient (Wildman–Crippen LogP) is 6.60. The summed E-state index contributed by atoms with van der Waals surface area (Å²) in [6, 6.07) is 12.3. The van der Waals surface area contributed by atoms with Crippen molar-refractivity contribution in [2.75, 3.05) is 11.3 Å². The van der Waals surface area contributed by atoms with Crippen LogP contribution in [-0.4, -0.2) is 20.9 Å². The van der Waals surface area contributed by atoms with Crippen LogP contribution < -0.4 is 10.0 Å². The molecule has 5 nitrogen and oxygen atoms in total. The Morgan fingerprint density at radius 1 is 0.971 bits per heavy atom. The van der Waals surface area contributed by atoms with E-state index in [2.05, 4.69) is 16.1 Å². The van der Waals surface area contributed by atoms with Crippen molar-refractivity contribution < 1.29 is 22.0 Å². The Bertz CT molecular complexity index is 1310. The molecule has 0 aliphatic heterocycles. The van der Waals surface area contributed by atoms with Gasteiger partial charge >= 0.3 is 0 Å². The van der Waals surface area contributed by atoms with Gasteiger partial charge in [0.05, 0.1) is 11.3 Å².